The lowest BCUT2D eigenvalue weighted by Crippen LogP contribution is -2.29. The van der Waals surface area contributed by atoms with E-state index >= 15 is 0 Å². The number of nitrogens with zero attached hydrogens (tertiary/aromatic N) is 2. The van der Waals surface area contributed by atoms with E-state index < -0.39 is 0 Å². The summed E-state index contributed by atoms with van der Waals surface area (Å²) in [6, 6.07) is 24.3. The van der Waals surface area contributed by atoms with Crippen molar-refractivity contribution >= 4 is 0 Å². The van der Waals surface area contributed by atoms with E-state index in [9.17, 15) is 0 Å². The number of fused-ring (bicyclic) bond motifs is 3. The molecule has 0 aliphatic carbocycles. The number of imidazole rings is 1. The minimum Gasteiger partial charge on any atom is -0.225 e. The second-order valence-corrected chi connectivity index (χ2v) is 7.61. The van der Waals surface area contributed by atoms with Gasteiger partial charge < -0.3 is 0 Å². The SMILES string of the molecule is Cc1ccc(-n2c(-c3cc(C)ccc3C)c[n+]3c2-c2ccccc2C3)cc1. The highest BCUT2D eigenvalue weighted by molar-refractivity contribution is 5.72. The molecule has 2 nitrogen and oxygen atoms in total. The summed E-state index contributed by atoms with van der Waals surface area (Å²) in [6.07, 6.45) is 2.32. The normalized spacial score (nSPS) is 12.1. The van der Waals surface area contributed by atoms with Crippen molar-refractivity contribution in [3.8, 4) is 28.3 Å². The summed E-state index contributed by atoms with van der Waals surface area (Å²) in [5.74, 6) is 1.27. The first-order valence-corrected chi connectivity index (χ1v) is 9.50. The molecule has 3 aromatic carbocycles. The fourth-order valence-corrected chi connectivity index (χ4v) is 4.12. The number of benzene rings is 3. The largest absolute Gasteiger partial charge is 0.295 e. The lowest BCUT2D eigenvalue weighted by atomic mass is 10.0. The third kappa shape index (κ3) is 2.52. The van der Waals surface area contributed by atoms with Crippen LogP contribution in [0, 0.1) is 20.8 Å². The van der Waals surface area contributed by atoms with Crippen molar-refractivity contribution in [2.45, 2.75) is 27.3 Å². The van der Waals surface area contributed by atoms with E-state index in [1.165, 1.54) is 50.6 Å². The van der Waals surface area contributed by atoms with Gasteiger partial charge in [-0.15, -0.1) is 0 Å². The molecular formula is C25H23N2+. The van der Waals surface area contributed by atoms with E-state index in [2.05, 4.69) is 103 Å². The summed E-state index contributed by atoms with van der Waals surface area (Å²) in [7, 11) is 0. The average Bonchev–Trinajstić information content (AvgIpc) is 3.20. The second-order valence-electron chi connectivity index (χ2n) is 7.61. The summed E-state index contributed by atoms with van der Waals surface area (Å²) >= 11 is 0. The Morgan fingerprint density at radius 3 is 2.33 bits per heavy atom. The fourth-order valence-electron chi connectivity index (χ4n) is 4.12. The molecule has 0 saturated carbocycles. The number of aryl methyl sites for hydroxylation is 3. The topological polar surface area (TPSA) is 8.81 Å². The maximum absolute atomic E-state index is 2.42. The number of hydrogen-bond acceptors (Lipinski definition) is 0. The molecule has 0 unspecified atom stereocenters. The van der Waals surface area contributed by atoms with E-state index in [0.717, 1.165) is 6.54 Å². The highest BCUT2D eigenvalue weighted by Gasteiger charge is 2.34. The molecule has 1 aromatic heterocycles. The number of aromatic nitrogens is 2. The minimum atomic E-state index is 0.933. The Morgan fingerprint density at radius 2 is 1.52 bits per heavy atom. The third-order valence-corrected chi connectivity index (χ3v) is 5.56. The Hall–Kier alpha value is -3.13. The Bertz CT molecular complexity index is 1160. The highest BCUT2D eigenvalue weighted by atomic mass is 15.2. The molecule has 0 bridgehead atoms. The molecule has 2 heteroatoms. The summed E-state index contributed by atoms with van der Waals surface area (Å²) in [5.41, 5.74) is 10.4. The first-order valence-electron chi connectivity index (χ1n) is 9.50. The van der Waals surface area contributed by atoms with Crippen molar-refractivity contribution in [3.63, 3.8) is 0 Å². The molecular weight excluding hydrogens is 328 g/mol. The van der Waals surface area contributed by atoms with Crippen LogP contribution < -0.4 is 4.57 Å². The lowest BCUT2D eigenvalue weighted by Gasteiger charge is -2.09. The van der Waals surface area contributed by atoms with Crippen LogP contribution in [0.4, 0.5) is 0 Å². The van der Waals surface area contributed by atoms with Crippen LogP contribution in [0.1, 0.15) is 22.3 Å². The van der Waals surface area contributed by atoms with Gasteiger partial charge in [0.1, 0.15) is 18.4 Å². The van der Waals surface area contributed by atoms with E-state index in [4.69, 9.17) is 0 Å². The molecule has 0 radical (unpaired) electrons. The van der Waals surface area contributed by atoms with Crippen LogP contribution in [0.15, 0.2) is 72.9 Å². The zero-order valence-corrected chi connectivity index (χ0v) is 16.0. The number of hydrogen-bond donors (Lipinski definition) is 0. The Morgan fingerprint density at radius 1 is 0.778 bits per heavy atom. The van der Waals surface area contributed by atoms with Crippen LogP contribution in [0.25, 0.3) is 28.3 Å². The van der Waals surface area contributed by atoms with Crippen LogP contribution in [-0.2, 0) is 6.54 Å². The van der Waals surface area contributed by atoms with Gasteiger partial charge in [0.05, 0.1) is 5.56 Å². The zero-order chi connectivity index (χ0) is 18.5. The quantitative estimate of drug-likeness (QED) is 0.377. The first kappa shape index (κ1) is 16.1. The van der Waals surface area contributed by atoms with Gasteiger partial charge in [-0.2, -0.15) is 4.57 Å². The molecule has 132 valence electrons. The van der Waals surface area contributed by atoms with E-state index in [0.29, 0.717) is 0 Å². The molecule has 0 N–H and O–H groups in total. The molecule has 0 fully saturated rings. The van der Waals surface area contributed by atoms with Gasteiger partial charge >= 0.3 is 0 Å². The Kier molecular flexibility index (Phi) is 3.54. The van der Waals surface area contributed by atoms with E-state index in [1.807, 2.05) is 0 Å². The Balaban J connectivity index is 1.84. The molecule has 1 aliphatic heterocycles. The minimum absolute atomic E-state index is 0.933. The van der Waals surface area contributed by atoms with E-state index in [-0.39, 0.29) is 0 Å². The van der Waals surface area contributed by atoms with Crippen molar-refractivity contribution in [2.75, 3.05) is 0 Å². The van der Waals surface area contributed by atoms with Gasteiger partial charge in [-0.3, -0.25) is 0 Å². The van der Waals surface area contributed by atoms with Gasteiger partial charge in [-0.05, 0) is 50.6 Å². The van der Waals surface area contributed by atoms with Crippen LogP contribution in [0.2, 0.25) is 0 Å². The van der Waals surface area contributed by atoms with Crippen LogP contribution >= 0.6 is 0 Å². The molecule has 0 amide bonds. The van der Waals surface area contributed by atoms with Gasteiger partial charge in [0.2, 0.25) is 0 Å². The smallest absolute Gasteiger partial charge is 0.225 e. The average molecular weight is 351 g/mol. The van der Waals surface area contributed by atoms with Crippen molar-refractivity contribution in [1.29, 1.82) is 0 Å². The first-order chi connectivity index (χ1) is 13.1. The van der Waals surface area contributed by atoms with Gasteiger partial charge in [0, 0.05) is 11.1 Å². The van der Waals surface area contributed by atoms with Crippen molar-refractivity contribution < 1.29 is 4.57 Å². The number of rotatable bonds is 2. The van der Waals surface area contributed by atoms with Crippen LogP contribution in [-0.4, -0.2) is 4.57 Å². The zero-order valence-electron chi connectivity index (χ0n) is 16.0. The lowest BCUT2D eigenvalue weighted by molar-refractivity contribution is -0.670. The molecule has 0 spiro atoms. The van der Waals surface area contributed by atoms with Gasteiger partial charge in [-0.25, -0.2) is 4.57 Å². The van der Waals surface area contributed by atoms with Gasteiger partial charge in [0.15, 0.2) is 5.69 Å². The van der Waals surface area contributed by atoms with Crippen molar-refractivity contribution in [2.24, 2.45) is 0 Å². The maximum Gasteiger partial charge on any atom is 0.295 e. The van der Waals surface area contributed by atoms with E-state index in [1.54, 1.807) is 0 Å². The van der Waals surface area contributed by atoms with Crippen molar-refractivity contribution in [3.05, 3.63) is 95.2 Å². The van der Waals surface area contributed by atoms with Crippen molar-refractivity contribution in [1.82, 2.24) is 4.57 Å². The Labute approximate surface area is 160 Å². The van der Waals surface area contributed by atoms with Crippen LogP contribution in [0.3, 0.4) is 0 Å². The van der Waals surface area contributed by atoms with Gasteiger partial charge in [-0.1, -0.05) is 53.6 Å². The standard InChI is InChI=1S/C25H23N2/c1-17-9-12-21(13-10-17)27-24(23-14-18(2)8-11-19(23)3)16-26-15-20-6-4-5-7-22(20)25(26)27/h4-14,16H,15H2,1-3H3/q+1. The molecule has 5 rings (SSSR count). The second kappa shape index (κ2) is 5.95. The molecule has 0 atom stereocenters. The summed E-state index contributed by atoms with van der Waals surface area (Å²) in [4.78, 5) is 0. The molecule has 27 heavy (non-hydrogen) atoms. The summed E-state index contributed by atoms with van der Waals surface area (Å²) in [6.45, 7) is 7.44. The molecule has 1 aliphatic rings. The predicted molar refractivity (Wildman–Crippen MR) is 110 cm³/mol. The van der Waals surface area contributed by atoms with Gasteiger partial charge in [0.25, 0.3) is 5.82 Å². The summed E-state index contributed by atoms with van der Waals surface area (Å²) < 4.78 is 4.81. The predicted octanol–water partition coefficient (Wildman–Crippen LogP) is 5.39. The molecule has 4 aromatic rings. The molecule has 0 saturated heterocycles. The fraction of sp³-hybridized carbons (Fsp3) is 0.160. The molecule has 2 heterocycles. The van der Waals surface area contributed by atoms with Crippen LogP contribution in [0.5, 0.6) is 0 Å². The maximum atomic E-state index is 2.42. The summed E-state index contributed by atoms with van der Waals surface area (Å²) in [5, 5.41) is 0. The third-order valence-electron chi connectivity index (χ3n) is 5.56. The highest BCUT2D eigenvalue weighted by Crippen LogP contribution is 2.35. The monoisotopic (exact) mass is 351 g/mol.